The molecule has 98 valence electrons. The average molecular weight is 246 g/mol. The number of fused-ring (bicyclic) bond motifs is 3. The zero-order chi connectivity index (χ0) is 12.9. The Morgan fingerprint density at radius 2 is 2.06 bits per heavy atom. The van der Waals surface area contributed by atoms with Crippen molar-refractivity contribution >= 4 is 11.6 Å². The van der Waals surface area contributed by atoms with Crippen LogP contribution >= 0.6 is 0 Å². The maximum absolute atomic E-state index is 12.3. The number of ketones is 2. The molecule has 2 heteroatoms. The Morgan fingerprint density at radius 3 is 2.83 bits per heavy atom. The van der Waals surface area contributed by atoms with Crippen LogP contribution in [0.15, 0.2) is 11.6 Å². The predicted octanol–water partition coefficient (Wildman–Crippen LogP) is 3.31. The van der Waals surface area contributed by atoms with Crippen LogP contribution in [0.2, 0.25) is 0 Å². The van der Waals surface area contributed by atoms with Gasteiger partial charge in [-0.25, -0.2) is 0 Å². The van der Waals surface area contributed by atoms with Gasteiger partial charge in [-0.2, -0.15) is 0 Å². The lowest BCUT2D eigenvalue weighted by Crippen LogP contribution is -2.50. The lowest BCUT2D eigenvalue weighted by molar-refractivity contribution is -0.136. The summed E-state index contributed by atoms with van der Waals surface area (Å²) in [5.41, 5.74) is 1.19. The molecule has 0 N–H and O–H groups in total. The van der Waals surface area contributed by atoms with Crippen LogP contribution in [0.4, 0.5) is 0 Å². The van der Waals surface area contributed by atoms with Crippen LogP contribution in [-0.2, 0) is 9.59 Å². The fraction of sp³-hybridized carbons (Fsp3) is 0.750. The van der Waals surface area contributed by atoms with Gasteiger partial charge in [-0.05, 0) is 55.4 Å². The van der Waals surface area contributed by atoms with Gasteiger partial charge in [-0.3, -0.25) is 9.59 Å². The van der Waals surface area contributed by atoms with Gasteiger partial charge < -0.3 is 0 Å². The van der Waals surface area contributed by atoms with Crippen molar-refractivity contribution in [2.75, 3.05) is 0 Å². The van der Waals surface area contributed by atoms with Crippen LogP contribution in [-0.4, -0.2) is 11.6 Å². The molecule has 0 aromatic carbocycles. The summed E-state index contributed by atoms with van der Waals surface area (Å²) in [5.74, 6) is 2.07. The van der Waals surface area contributed by atoms with Gasteiger partial charge in [0.05, 0.1) is 0 Å². The molecule has 0 aliphatic heterocycles. The second-order valence-electron chi connectivity index (χ2n) is 6.72. The van der Waals surface area contributed by atoms with E-state index in [0.29, 0.717) is 23.4 Å². The Hall–Kier alpha value is -0.920. The van der Waals surface area contributed by atoms with Crippen molar-refractivity contribution in [3.8, 4) is 0 Å². The smallest absolute Gasteiger partial charge is 0.161 e. The Labute approximate surface area is 109 Å². The summed E-state index contributed by atoms with van der Waals surface area (Å²) in [4.78, 5) is 24.0. The van der Waals surface area contributed by atoms with Crippen molar-refractivity contribution in [2.45, 2.75) is 52.4 Å². The fourth-order valence-corrected chi connectivity index (χ4v) is 4.63. The first kappa shape index (κ1) is 12.1. The number of carbonyl (C=O) groups excluding carboxylic acids is 2. The molecule has 2 saturated carbocycles. The van der Waals surface area contributed by atoms with Crippen molar-refractivity contribution in [1.29, 1.82) is 0 Å². The maximum atomic E-state index is 12.3. The van der Waals surface area contributed by atoms with E-state index < -0.39 is 0 Å². The number of carbonyl (C=O) groups is 2. The van der Waals surface area contributed by atoms with E-state index in [1.54, 1.807) is 0 Å². The third-order valence-corrected chi connectivity index (χ3v) is 5.91. The minimum Gasteiger partial charge on any atom is -0.300 e. The summed E-state index contributed by atoms with van der Waals surface area (Å²) < 4.78 is 0. The van der Waals surface area contributed by atoms with Gasteiger partial charge >= 0.3 is 0 Å². The minimum atomic E-state index is 0.226. The van der Waals surface area contributed by atoms with Gasteiger partial charge in [0, 0.05) is 18.8 Å². The van der Waals surface area contributed by atoms with Crippen LogP contribution < -0.4 is 0 Å². The molecular formula is C16H22O2. The average Bonchev–Trinajstić information content (AvgIpc) is 2.34. The van der Waals surface area contributed by atoms with Crippen molar-refractivity contribution < 1.29 is 9.59 Å². The predicted molar refractivity (Wildman–Crippen MR) is 70.1 cm³/mol. The van der Waals surface area contributed by atoms with E-state index >= 15 is 0 Å². The first-order valence-corrected chi connectivity index (χ1v) is 7.25. The lowest BCUT2D eigenvalue weighted by Gasteiger charge is -2.54. The van der Waals surface area contributed by atoms with E-state index in [4.69, 9.17) is 0 Å². The highest BCUT2D eigenvalue weighted by Crippen LogP contribution is 2.57. The Bertz CT molecular complexity index is 434. The summed E-state index contributed by atoms with van der Waals surface area (Å²) in [6.45, 7) is 4.29. The SMILES string of the molecule is CC1=CC[C@H]2[C@@H](CC[C@H]3CC(=O)CC[C@@]32C)C1=O. The monoisotopic (exact) mass is 246 g/mol. The summed E-state index contributed by atoms with van der Waals surface area (Å²) in [6, 6.07) is 0. The van der Waals surface area contributed by atoms with Gasteiger partial charge in [0.2, 0.25) is 0 Å². The van der Waals surface area contributed by atoms with Crippen molar-refractivity contribution in [2.24, 2.45) is 23.2 Å². The third-order valence-electron chi connectivity index (χ3n) is 5.91. The molecule has 0 spiro atoms. The largest absolute Gasteiger partial charge is 0.300 e. The third kappa shape index (κ3) is 1.61. The van der Waals surface area contributed by atoms with E-state index in [1.807, 2.05) is 6.92 Å². The van der Waals surface area contributed by atoms with Crippen molar-refractivity contribution in [3.63, 3.8) is 0 Å². The van der Waals surface area contributed by atoms with Crippen LogP contribution in [0, 0.1) is 23.2 Å². The van der Waals surface area contributed by atoms with Crippen LogP contribution in [0.1, 0.15) is 52.4 Å². The molecule has 0 amide bonds. The Kier molecular flexibility index (Phi) is 2.72. The lowest BCUT2D eigenvalue weighted by atomic mass is 9.50. The van der Waals surface area contributed by atoms with Gasteiger partial charge in [-0.15, -0.1) is 0 Å². The highest BCUT2D eigenvalue weighted by molar-refractivity contribution is 5.97. The standard InChI is InChI=1S/C16H22O2/c1-10-3-6-14-13(15(10)18)5-4-11-9-12(17)7-8-16(11,14)2/h3,11,13-14H,4-9H2,1-2H3/t11-,13+,14-,16-/m0/s1. The summed E-state index contributed by atoms with van der Waals surface area (Å²) in [7, 11) is 0. The van der Waals surface area contributed by atoms with E-state index in [-0.39, 0.29) is 11.3 Å². The zero-order valence-corrected chi connectivity index (χ0v) is 11.4. The summed E-state index contributed by atoms with van der Waals surface area (Å²) in [5, 5.41) is 0. The Morgan fingerprint density at radius 1 is 1.28 bits per heavy atom. The number of hydrogen-bond donors (Lipinski definition) is 0. The van der Waals surface area contributed by atoms with Crippen LogP contribution in [0.3, 0.4) is 0 Å². The topological polar surface area (TPSA) is 34.1 Å². The van der Waals surface area contributed by atoms with E-state index in [1.165, 1.54) is 0 Å². The fourth-order valence-electron chi connectivity index (χ4n) is 4.63. The molecule has 0 aromatic heterocycles. The van der Waals surface area contributed by atoms with Crippen LogP contribution in [0.5, 0.6) is 0 Å². The molecule has 3 aliphatic carbocycles. The molecule has 2 fully saturated rings. The van der Waals surface area contributed by atoms with E-state index in [0.717, 1.165) is 44.1 Å². The highest BCUT2D eigenvalue weighted by Gasteiger charge is 2.52. The summed E-state index contributed by atoms with van der Waals surface area (Å²) in [6.07, 6.45) is 7.74. The number of rotatable bonds is 0. The van der Waals surface area contributed by atoms with Crippen molar-refractivity contribution in [3.05, 3.63) is 11.6 Å². The zero-order valence-electron chi connectivity index (χ0n) is 11.4. The maximum Gasteiger partial charge on any atom is 0.161 e. The molecule has 0 saturated heterocycles. The molecule has 4 atom stereocenters. The first-order chi connectivity index (χ1) is 8.52. The molecule has 2 nitrogen and oxygen atoms in total. The van der Waals surface area contributed by atoms with Gasteiger partial charge in [-0.1, -0.05) is 13.0 Å². The normalized spacial score (nSPS) is 44.1. The van der Waals surface area contributed by atoms with E-state index in [9.17, 15) is 9.59 Å². The number of Topliss-reactive ketones (excluding diaryl/α,β-unsaturated/α-hetero) is 2. The second-order valence-corrected chi connectivity index (χ2v) is 6.72. The van der Waals surface area contributed by atoms with Gasteiger partial charge in [0.25, 0.3) is 0 Å². The quantitative estimate of drug-likeness (QED) is 0.657. The molecule has 0 aromatic rings. The van der Waals surface area contributed by atoms with Gasteiger partial charge in [0.1, 0.15) is 5.78 Å². The molecule has 0 unspecified atom stereocenters. The molecule has 0 bridgehead atoms. The second kappa shape index (κ2) is 4.04. The van der Waals surface area contributed by atoms with Crippen LogP contribution in [0.25, 0.3) is 0 Å². The Balaban J connectivity index is 1.93. The minimum absolute atomic E-state index is 0.226. The molecular weight excluding hydrogens is 224 g/mol. The molecule has 3 rings (SSSR count). The van der Waals surface area contributed by atoms with Gasteiger partial charge in [0.15, 0.2) is 5.78 Å². The number of hydrogen-bond acceptors (Lipinski definition) is 2. The van der Waals surface area contributed by atoms with Crippen molar-refractivity contribution in [1.82, 2.24) is 0 Å². The summed E-state index contributed by atoms with van der Waals surface area (Å²) >= 11 is 0. The molecule has 0 radical (unpaired) electrons. The highest BCUT2D eigenvalue weighted by atomic mass is 16.1. The number of allylic oxidation sites excluding steroid dienone is 2. The molecule has 3 aliphatic rings. The van der Waals surface area contributed by atoms with E-state index in [2.05, 4.69) is 13.0 Å². The first-order valence-electron chi connectivity index (χ1n) is 7.25. The molecule has 18 heavy (non-hydrogen) atoms. The molecule has 0 heterocycles.